The fourth-order valence-electron chi connectivity index (χ4n) is 1.45. The van der Waals surface area contributed by atoms with Crippen LogP contribution in [-0.2, 0) is 10.9 Å². The number of alkyl halides is 3. The van der Waals surface area contributed by atoms with Gasteiger partial charge in [-0.05, 0) is 23.8 Å². The second kappa shape index (κ2) is 5.35. The van der Waals surface area contributed by atoms with Gasteiger partial charge in [-0.1, -0.05) is 0 Å². The van der Waals surface area contributed by atoms with Gasteiger partial charge in [-0.3, -0.25) is 11.3 Å². The molecule has 0 bridgehead atoms. The highest BCUT2D eigenvalue weighted by Gasteiger charge is 2.31. The molecule has 0 amide bonds. The van der Waals surface area contributed by atoms with Crippen LogP contribution in [0.1, 0.15) is 17.2 Å². The summed E-state index contributed by atoms with van der Waals surface area (Å²) in [6, 6.07) is 2.53. The summed E-state index contributed by atoms with van der Waals surface area (Å²) in [5, 5.41) is 0. The van der Waals surface area contributed by atoms with Gasteiger partial charge in [-0.25, -0.2) is 0 Å². The molecule has 0 aliphatic rings. The van der Waals surface area contributed by atoms with Crippen LogP contribution in [0.4, 0.5) is 18.9 Å². The first kappa shape index (κ1) is 13.8. The highest BCUT2D eigenvalue weighted by molar-refractivity contribution is 5.50. The first-order valence-corrected chi connectivity index (χ1v) is 4.81. The van der Waals surface area contributed by atoms with Crippen LogP contribution in [-0.4, -0.2) is 13.7 Å². The Kier molecular flexibility index (Phi) is 4.33. The molecular weight excluding hydrogens is 235 g/mol. The maximum absolute atomic E-state index is 12.5. The Morgan fingerprint density at radius 1 is 1.41 bits per heavy atom. The molecule has 1 unspecified atom stereocenters. The quantitative estimate of drug-likeness (QED) is 0.429. The van der Waals surface area contributed by atoms with Gasteiger partial charge in [-0.15, -0.1) is 0 Å². The van der Waals surface area contributed by atoms with Gasteiger partial charge < -0.3 is 10.5 Å². The minimum absolute atomic E-state index is 0.127. The number of nitrogen functional groups attached to an aromatic ring is 1. The van der Waals surface area contributed by atoms with Gasteiger partial charge in [0.05, 0.1) is 18.2 Å². The largest absolute Gasteiger partial charge is 0.416 e. The average molecular weight is 249 g/mol. The summed E-state index contributed by atoms with van der Waals surface area (Å²) in [5.41, 5.74) is 7.72. The van der Waals surface area contributed by atoms with Gasteiger partial charge in [0, 0.05) is 12.8 Å². The van der Waals surface area contributed by atoms with E-state index in [-0.39, 0.29) is 17.9 Å². The summed E-state index contributed by atoms with van der Waals surface area (Å²) < 4.78 is 42.4. The van der Waals surface area contributed by atoms with Crippen molar-refractivity contribution in [3.8, 4) is 0 Å². The van der Waals surface area contributed by atoms with Crippen LogP contribution in [0, 0.1) is 0 Å². The van der Waals surface area contributed by atoms with E-state index < -0.39 is 17.8 Å². The van der Waals surface area contributed by atoms with Crippen LogP contribution in [0.5, 0.6) is 0 Å². The number of hydrazine groups is 1. The van der Waals surface area contributed by atoms with Crippen LogP contribution >= 0.6 is 0 Å². The number of nitrogens with one attached hydrogen (secondary N) is 1. The number of benzene rings is 1. The number of hydrogen-bond donors (Lipinski definition) is 3. The topological polar surface area (TPSA) is 73.3 Å². The standard InChI is InChI=1S/C10H14F3N3O/c1-17-5-9(16-15)7-4-6(10(11,12)13)2-3-8(7)14/h2-4,9,16H,5,14-15H2,1H3. The summed E-state index contributed by atoms with van der Waals surface area (Å²) >= 11 is 0. The third-order valence-electron chi connectivity index (χ3n) is 2.32. The van der Waals surface area contributed by atoms with E-state index in [0.29, 0.717) is 0 Å². The molecule has 5 N–H and O–H groups in total. The van der Waals surface area contributed by atoms with Crippen LogP contribution in [0.3, 0.4) is 0 Å². The Morgan fingerprint density at radius 3 is 2.53 bits per heavy atom. The van der Waals surface area contributed by atoms with Crippen molar-refractivity contribution in [2.75, 3.05) is 19.5 Å². The molecule has 7 heteroatoms. The summed E-state index contributed by atoms with van der Waals surface area (Å²) in [6.07, 6.45) is -4.41. The van der Waals surface area contributed by atoms with E-state index in [2.05, 4.69) is 5.43 Å². The smallest absolute Gasteiger partial charge is 0.398 e. The van der Waals surface area contributed by atoms with Crippen molar-refractivity contribution < 1.29 is 17.9 Å². The number of hydrogen-bond acceptors (Lipinski definition) is 4. The average Bonchev–Trinajstić information content (AvgIpc) is 2.25. The van der Waals surface area contributed by atoms with Gasteiger partial charge in [0.15, 0.2) is 0 Å². The zero-order valence-electron chi connectivity index (χ0n) is 9.21. The molecule has 4 nitrogen and oxygen atoms in total. The van der Waals surface area contributed by atoms with E-state index in [1.807, 2.05) is 0 Å². The Labute approximate surface area is 96.7 Å². The molecule has 0 spiro atoms. The Hall–Kier alpha value is -1.31. The second-order valence-electron chi connectivity index (χ2n) is 3.52. The summed E-state index contributed by atoms with van der Waals surface area (Å²) in [5.74, 6) is 5.25. The van der Waals surface area contributed by atoms with Gasteiger partial charge in [-0.2, -0.15) is 13.2 Å². The van der Waals surface area contributed by atoms with E-state index in [1.54, 1.807) is 0 Å². The molecule has 0 aliphatic carbocycles. The zero-order valence-corrected chi connectivity index (χ0v) is 9.21. The van der Waals surface area contributed by atoms with Crippen LogP contribution < -0.4 is 17.0 Å². The number of nitrogens with two attached hydrogens (primary N) is 2. The van der Waals surface area contributed by atoms with Crippen LogP contribution in [0.15, 0.2) is 18.2 Å². The Bertz CT molecular complexity index is 382. The minimum atomic E-state index is -4.41. The summed E-state index contributed by atoms with van der Waals surface area (Å²) in [7, 11) is 1.42. The van der Waals surface area contributed by atoms with Crippen molar-refractivity contribution in [3.05, 3.63) is 29.3 Å². The number of anilines is 1. The molecule has 17 heavy (non-hydrogen) atoms. The molecule has 1 atom stereocenters. The number of ether oxygens (including phenoxy) is 1. The predicted molar refractivity (Wildman–Crippen MR) is 57.8 cm³/mol. The van der Waals surface area contributed by atoms with Gasteiger partial charge >= 0.3 is 6.18 Å². The highest BCUT2D eigenvalue weighted by atomic mass is 19.4. The monoisotopic (exact) mass is 249 g/mol. The number of methoxy groups -OCH3 is 1. The first-order valence-electron chi connectivity index (χ1n) is 4.81. The van der Waals surface area contributed by atoms with Crippen molar-refractivity contribution in [1.29, 1.82) is 0 Å². The zero-order chi connectivity index (χ0) is 13.1. The Balaban J connectivity index is 3.13. The molecule has 0 aliphatic heterocycles. The van der Waals surface area contributed by atoms with E-state index in [9.17, 15) is 13.2 Å². The second-order valence-corrected chi connectivity index (χ2v) is 3.52. The van der Waals surface area contributed by atoms with Crippen molar-refractivity contribution in [1.82, 2.24) is 5.43 Å². The molecule has 0 aromatic heterocycles. The van der Waals surface area contributed by atoms with Crippen molar-refractivity contribution in [2.45, 2.75) is 12.2 Å². The third kappa shape index (κ3) is 3.32. The van der Waals surface area contributed by atoms with Crippen LogP contribution in [0.25, 0.3) is 0 Å². The first-order chi connectivity index (χ1) is 7.90. The van der Waals surface area contributed by atoms with Gasteiger partial charge in [0.1, 0.15) is 0 Å². The molecule has 1 aromatic rings. The lowest BCUT2D eigenvalue weighted by Gasteiger charge is -2.19. The molecule has 96 valence electrons. The van der Waals surface area contributed by atoms with Gasteiger partial charge in [0.25, 0.3) is 0 Å². The van der Waals surface area contributed by atoms with Crippen LogP contribution in [0.2, 0.25) is 0 Å². The third-order valence-corrected chi connectivity index (χ3v) is 2.32. The fourth-order valence-corrected chi connectivity index (χ4v) is 1.45. The molecule has 1 rings (SSSR count). The van der Waals surface area contributed by atoms with E-state index in [0.717, 1.165) is 12.1 Å². The van der Waals surface area contributed by atoms with E-state index >= 15 is 0 Å². The maximum Gasteiger partial charge on any atom is 0.416 e. The normalized spacial score (nSPS) is 13.7. The lowest BCUT2D eigenvalue weighted by molar-refractivity contribution is -0.137. The maximum atomic E-state index is 12.5. The molecule has 0 saturated heterocycles. The molecule has 1 aromatic carbocycles. The summed E-state index contributed by atoms with van der Waals surface area (Å²) in [4.78, 5) is 0. The highest BCUT2D eigenvalue weighted by Crippen LogP contribution is 2.32. The lowest BCUT2D eigenvalue weighted by Crippen LogP contribution is -2.31. The molecular formula is C10H14F3N3O. The molecule has 0 heterocycles. The Morgan fingerprint density at radius 2 is 2.06 bits per heavy atom. The SMILES string of the molecule is COCC(NN)c1cc(C(F)(F)F)ccc1N. The summed E-state index contributed by atoms with van der Waals surface area (Å²) in [6.45, 7) is 0.127. The molecule has 0 radical (unpaired) electrons. The number of halogens is 3. The van der Waals surface area contributed by atoms with Gasteiger partial charge in [0.2, 0.25) is 0 Å². The lowest BCUT2D eigenvalue weighted by atomic mass is 10.0. The predicted octanol–water partition coefficient (Wildman–Crippen LogP) is 1.44. The van der Waals surface area contributed by atoms with E-state index in [1.165, 1.54) is 13.2 Å². The van der Waals surface area contributed by atoms with Crippen molar-refractivity contribution in [3.63, 3.8) is 0 Å². The van der Waals surface area contributed by atoms with Crippen molar-refractivity contribution in [2.24, 2.45) is 5.84 Å². The van der Waals surface area contributed by atoms with E-state index in [4.69, 9.17) is 16.3 Å². The number of rotatable bonds is 4. The van der Waals surface area contributed by atoms with Crippen molar-refractivity contribution >= 4 is 5.69 Å². The molecule has 0 saturated carbocycles. The fraction of sp³-hybridized carbons (Fsp3) is 0.400. The molecule has 0 fully saturated rings. The minimum Gasteiger partial charge on any atom is -0.398 e.